The van der Waals surface area contributed by atoms with Gasteiger partial charge in [-0.05, 0) is 23.8 Å². The molecule has 116 valence electrons. The van der Waals surface area contributed by atoms with E-state index in [9.17, 15) is 23.1 Å². The van der Waals surface area contributed by atoms with Crippen molar-refractivity contribution in [2.75, 3.05) is 0 Å². The maximum atomic E-state index is 12.4. The molecule has 0 spiro atoms. The van der Waals surface area contributed by atoms with Gasteiger partial charge in [-0.15, -0.1) is 0 Å². The highest BCUT2D eigenvalue weighted by atomic mass is 19.4. The Morgan fingerprint density at radius 3 is 2.32 bits per heavy atom. The number of halogens is 3. The summed E-state index contributed by atoms with van der Waals surface area (Å²) in [5, 5.41) is 18.5. The van der Waals surface area contributed by atoms with E-state index in [1.807, 2.05) is 0 Å². The minimum atomic E-state index is -4.41. The Bertz CT molecular complexity index is 743. The van der Waals surface area contributed by atoms with Crippen LogP contribution in [0, 0.1) is 0 Å². The molecule has 0 amide bonds. The van der Waals surface area contributed by atoms with E-state index >= 15 is 0 Å². The molecule has 0 unspecified atom stereocenters. The lowest BCUT2D eigenvalue weighted by Crippen LogP contribution is -2.04. The first-order chi connectivity index (χ1) is 10.3. The lowest BCUT2D eigenvalue weighted by molar-refractivity contribution is -0.137. The average Bonchev–Trinajstić information content (AvgIpc) is 2.48. The molecule has 7 heteroatoms. The van der Waals surface area contributed by atoms with Gasteiger partial charge in [-0.2, -0.15) is 13.2 Å². The van der Waals surface area contributed by atoms with Crippen LogP contribution in [0.3, 0.4) is 0 Å². The normalized spacial score (nSPS) is 12.0. The van der Waals surface area contributed by atoms with Crippen molar-refractivity contribution in [2.24, 2.45) is 0 Å². The van der Waals surface area contributed by atoms with Crippen LogP contribution in [0.25, 0.3) is 12.2 Å². The summed E-state index contributed by atoms with van der Waals surface area (Å²) in [6.07, 6.45) is -1.81. The number of benzene rings is 1. The van der Waals surface area contributed by atoms with Crippen molar-refractivity contribution >= 4 is 12.2 Å². The molecule has 1 heterocycles. The molecule has 0 aliphatic carbocycles. The van der Waals surface area contributed by atoms with Crippen LogP contribution in [-0.4, -0.2) is 10.2 Å². The van der Waals surface area contributed by atoms with Gasteiger partial charge in [0.2, 0.25) is 11.2 Å². The molecule has 1 aromatic carbocycles. The molecule has 4 nitrogen and oxygen atoms in total. The molecule has 0 radical (unpaired) electrons. The fourth-order valence-corrected chi connectivity index (χ4v) is 1.70. The van der Waals surface area contributed by atoms with E-state index in [4.69, 9.17) is 9.52 Å². The zero-order valence-corrected chi connectivity index (χ0v) is 11.1. The Hall–Kier alpha value is -2.54. The smallest absolute Gasteiger partial charge is 0.416 e. The predicted octanol–water partition coefficient (Wildman–Crippen LogP) is 3.03. The standard InChI is InChI=1S/C15H11F3O4/c16-15(17,18)10-4-1-9(2-5-10)3-6-13-14(21)12(20)7-11(8-19)22-13/h1-7,19,21H,8H2. The molecule has 2 rings (SSSR count). The molecule has 0 aliphatic heterocycles. The van der Waals surface area contributed by atoms with Crippen LogP contribution < -0.4 is 5.43 Å². The molecular formula is C15H11F3O4. The second-order valence-electron chi connectivity index (χ2n) is 4.40. The monoisotopic (exact) mass is 312 g/mol. The van der Waals surface area contributed by atoms with Gasteiger partial charge >= 0.3 is 6.18 Å². The number of aliphatic hydroxyl groups excluding tert-OH is 1. The van der Waals surface area contributed by atoms with E-state index in [1.165, 1.54) is 24.3 Å². The highest BCUT2D eigenvalue weighted by Crippen LogP contribution is 2.29. The van der Waals surface area contributed by atoms with Gasteiger partial charge in [0.15, 0.2) is 5.76 Å². The second-order valence-corrected chi connectivity index (χ2v) is 4.40. The highest BCUT2D eigenvalue weighted by molar-refractivity contribution is 5.69. The summed E-state index contributed by atoms with van der Waals surface area (Å²) in [5.41, 5.74) is -1.08. The minimum absolute atomic E-state index is 0.0325. The predicted molar refractivity (Wildman–Crippen MR) is 72.9 cm³/mol. The van der Waals surface area contributed by atoms with Gasteiger partial charge in [0.05, 0.1) is 5.56 Å². The molecule has 0 saturated heterocycles. The summed E-state index contributed by atoms with van der Waals surface area (Å²) in [6, 6.07) is 5.26. The number of hydrogen-bond acceptors (Lipinski definition) is 4. The molecule has 2 aromatic rings. The first kappa shape index (κ1) is 15.8. The third-order valence-electron chi connectivity index (χ3n) is 2.82. The van der Waals surface area contributed by atoms with Gasteiger partial charge in [0.1, 0.15) is 12.4 Å². The Labute approximate surface area is 122 Å². The average molecular weight is 312 g/mol. The van der Waals surface area contributed by atoms with Crippen molar-refractivity contribution in [3.63, 3.8) is 0 Å². The van der Waals surface area contributed by atoms with E-state index in [-0.39, 0.29) is 11.5 Å². The Morgan fingerprint density at radius 1 is 1.14 bits per heavy atom. The number of hydrogen-bond donors (Lipinski definition) is 2. The van der Waals surface area contributed by atoms with Gasteiger partial charge in [0.25, 0.3) is 0 Å². The van der Waals surface area contributed by atoms with E-state index < -0.39 is 29.5 Å². The number of aliphatic hydroxyl groups is 1. The summed E-state index contributed by atoms with van der Waals surface area (Å²) >= 11 is 0. The quantitative estimate of drug-likeness (QED) is 0.914. The van der Waals surface area contributed by atoms with Gasteiger partial charge in [-0.1, -0.05) is 18.2 Å². The Kier molecular flexibility index (Phi) is 4.37. The maximum absolute atomic E-state index is 12.4. The Balaban J connectivity index is 2.29. The van der Waals surface area contributed by atoms with Crippen molar-refractivity contribution in [3.8, 4) is 5.75 Å². The zero-order chi connectivity index (χ0) is 16.3. The van der Waals surface area contributed by atoms with Crippen molar-refractivity contribution < 1.29 is 27.8 Å². The highest BCUT2D eigenvalue weighted by Gasteiger charge is 2.29. The summed E-state index contributed by atoms with van der Waals surface area (Å²) in [5.74, 6) is -0.855. The van der Waals surface area contributed by atoms with Crippen LogP contribution in [0.1, 0.15) is 22.6 Å². The lowest BCUT2D eigenvalue weighted by Gasteiger charge is -2.06. The first-order valence-electron chi connectivity index (χ1n) is 6.13. The van der Waals surface area contributed by atoms with Gasteiger partial charge in [0, 0.05) is 6.07 Å². The molecule has 22 heavy (non-hydrogen) atoms. The number of alkyl halides is 3. The summed E-state index contributed by atoms with van der Waals surface area (Å²) in [7, 11) is 0. The van der Waals surface area contributed by atoms with Crippen molar-refractivity contribution in [2.45, 2.75) is 12.8 Å². The second kappa shape index (κ2) is 6.07. The van der Waals surface area contributed by atoms with Crippen LogP contribution in [0.5, 0.6) is 5.75 Å². The maximum Gasteiger partial charge on any atom is 0.416 e. The molecule has 0 aliphatic rings. The first-order valence-corrected chi connectivity index (χ1v) is 6.13. The fourth-order valence-electron chi connectivity index (χ4n) is 1.70. The molecule has 0 atom stereocenters. The lowest BCUT2D eigenvalue weighted by atomic mass is 10.1. The Morgan fingerprint density at radius 2 is 1.77 bits per heavy atom. The van der Waals surface area contributed by atoms with Crippen LogP contribution in [-0.2, 0) is 12.8 Å². The van der Waals surface area contributed by atoms with Crippen LogP contribution in [0.4, 0.5) is 13.2 Å². The van der Waals surface area contributed by atoms with Gasteiger partial charge < -0.3 is 14.6 Å². The van der Waals surface area contributed by atoms with Crippen molar-refractivity contribution in [1.29, 1.82) is 0 Å². The molecule has 2 N–H and O–H groups in total. The van der Waals surface area contributed by atoms with Crippen LogP contribution >= 0.6 is 0 Å². The van der Waals surface area contributed by atoms with Crippen molar-refractivity contribution in [1.82, 2.24) is 0 Å². The molecule has 1 aromatic heterocycles. The topological polar surface area (TPSA) is 70.7 Å². The minimum Gasteiger partial charge on any atom is -0.502 e. The molecular weight excluding hydrogens is 301 g/mol. The van der Waals surface area contributed by atoms with E-state index in [2.05, 4.69) is 0 Å². The van der Waals surface area contributed by atoms with Crippen LogP contribution in [0.2, 0.25) is 0 Å². The van der Waals surface area contributed by atoms with E-state index in [1.54, 1.807) is 0 Å². The summed E-state index contributed by atoms with van der Waals surface area (Å²) in [4.78, 5) is 11.4. The largest absolute Gasteiger partial charge is 0.502 e. The fraction of sp³-hybridized carbons (Fsp3) is 0.133. The van der Waals surface area contributed by atoms with Gasteiger partial charge in [-0.25, -0.2) is 0 Å². The third-order valence-corrected chi connectivity index (χ3v) is 2.82. The third kappa shape index (κ3) is 3.56. The number of aromatic hydroxyl groups is 1. The molecule has 0 bridgehead atoms. The zero-order valence-electron chi connectivity index (χ0n) is 11.1. The van der Waals surface area contributed by atoms with Crippen LogP contribution in [0.15, 0.2) is 39.5 Å². The van der Waals surface area contributed by atoms with Gasteiger partial charge in [-0.3, -0.25) is 4.79 Å². The summed E-state index contributed by atoms with van der Waals surface area (Å²) in [6.45, 7) is -0.517. The molecule has 0 saturated carbocycles. The SMILES string of the molecule is O=c1cc(CO)oc(C=Cc2ccc(C(F)(F)F)cc2)c1O. The van der Waals surface area contributed by atoms with E-state index in [0.29, 0.717) is 5.56 Å². The number of rotatable bonds is 3. The molecule has 0 fully saturated rings. The van der Waals surface area contributed by atoms with E-state index in [0.717, 1.165) is 18.2 Å². The van der Waals surface area contributed by atoms with Crippen molar-refractivity contribution in [3.05, 3.63) is 63.2 Å². The summed E-state index contributed by atoms with van der Waals surface area (Å²) < 4.78 is 42.4.